The Hall–Kier alpha value is -1.42. The van der Waals surface area contributed by atoms with E-state index in [4.69, 9.17) is 9.47 Å². The second kappa shape index (κ2) is 5.70. The van der Waals surface area contributed by atoms with Gasteiger partial charge in [-0.2, -0.15) is 0 Å². The SMILES string of the molecule is CCC1(C)CC(Nc2ccc(OC)c(O)c2)CCO1. The van der Waals surface area contributed by atoms with Crippen molar-refractivity contribution in [1.29, 1.82) is 0 Å². The summed E-state index contributed by atoms with van der Waals surface area (Å²) in [4.78, 5) is 0. The molecule has 0 bridgehead atoms. The summed E-state index contributed by atoms with van der Waals surface area (Å²) in [6.45, 7) is 5.10. The number of aromatic hydroxyl groups is 1. The molecule has 2 atom stereocenters. The standard InChI is InChI=1S/C15H23NO3/c1-4-15(2)10-12(7-8-19-15)16-11-5-6-14(18-3)13(17)9-11/h5-6,9,12,16-17H,4,7-8,10H2,1-3H3. The van der Waals surface area contributed by atoms with Crippen molar-refractivity contribution in [3.05, 3.63) is 18.2 Å². The molecule has 1 fully saturated rings. The monoisotopic (exact) mass is 265 g/mol. The second-order valence-electron chi connectivity index (χ2n) is 5.37. The molecule has 0 radical (unpaired) electrons. The zero-order valence-electron chi connectivity index (χ0n) is 11.9. The molecule has 1 aliphatic rings. The van der Waals surface area contributed by atoms with Crippen LogP contribution in [0, 0.1) is 0 Å². The summed E-state index contributed by atoms with van der Waals surface area (Å²) in [7, 11) is 1.55. The summed E-state index contributed by atoms with van der Waals surface area (Å²) in [5.74, 6) is 0.661. The lowest BCUT2D eigenvalue weighted by Gasteiger charge is -2.38. The first-order valence-electron chi connectivity index (χ1n) is 6.84. The van der Waals surface area contributed by atoms with E-state index in [1.165, 1.54) is 0 Å². The summed E-state index contributed by atoms with van der Waals surface area (Å²) in [5, 5.41) is 13.2. The summed E-state index contributed by atoms with van der Waals surface area (Å²) < 4.78 is 10.9. The predicted octanol–water partition coefficient (Wildman–Crippen LogP) is 3.16. The average molecular weight is 265 g/mol. The molecular formula is C15H23NO3. The molecule has 1 aliphatic heterocycles. The van der Waals surface area contributed by atoms with Gasteiger partial charge in [-0.25, -0.2) is 0 Å². The Balaban J connectivity index is 2.03. The lowest BCUT2D eigenvalue weighted by molar-refractivity contribution is -0.0708. The van der Waals surface area contributed by atoms with E-state index in [2.05, 4.69) is 19.2 Å². The Morgan fingerprint density at radius 1 is 1.53 bits per heavy atom. The number of rotatable bonds is 4. The topological polar surface area (TPSA) is 50.7 Å². The highest BCUT2D eigenvalue weighted by Crippen LogP contribution is 2.32. The van der Waals surface area contributed by atoms with E-state index in [0.29, 0.717) is 11.8 Å². The van der Waals surface area contributed by atoms with E-state index in [-0.39, 0.29) is 11.4 Å². The van der Waals surface area contributed by atoms with Crippen molar-refractivity contribution < 1.29 is 14.6 Å². The van der Waals surface area contributed by atoms with Crippen LogP contribution < -0.4 is 10.1 Å². The van der Waals surface area contributed by atoms with E-state index in [0.717, 1.165) is 31.6 Å². The van der Waals surface area contributed by atoms with Gasteiger partial charge in [0.15, 0.2) is 11.5 Å². The maximum absolute atomic E-state index is 9.78. The summed E-state index contributed by atoms with van der Waals surface area (Å²) in [6.07, 6.45) is 2.98. The van der Waals surface area contributed by atoms with Gasteiger partial charge in [0, 0.05) is 24.4 Å². The molecule has 4 nitrogen and oxygen atoms in total. The van der Waals surface area contributed by atoms with Gasteiger partial charge in [0.2, 0.25) is 0 Å². The molecule has 1 aromatic rings. The minimum Gasteiger partial charge on any atom is -0.504 e. The minimum absolute atomic E-state index is 0.0373. The Morgan fingerprint density at radius 3 is 2.95 bits per heavy atom. The Labute approximate surface area is 114 Å². The number of nitrogens with one attached hydrogen (secondary N) is 1. The van der Waals surface area contributed by atoms with E-state index >= 15 is 0 Å². The molecule has 2 N–H and O–H groups in total. The van der Waals surface area contributed by atoms with Crippen LogP contribution in [-0.4, -0.2) is 30.5 Å². The molecule has 0 aromatic heterocycles. The van der Waals surface area contributed by atoms with Gasteiger partial charge in [0.1, 0.15) is 0 Å². The van der Waals surface area contributed by atoms with Crippen molar-refractivity contribution in [2.75, 3.05) is 19.0 Å². The third kappa shape index (κ3) is 3.32. The highest BCUT2D eigenvalue weighted by molar-refractivity contribution is 5.54. The van der Waals surface area contributed by atoms with Crippen LogP contribution in [0.25, 0.3) is 0 Å². The first-order valence-corrected chi connectivity index (χ1v) is 6.84. The number of ether oxygens (including phenoxy) is 2. The maximum Gasteiger partial charge on any atom is 0.160 e. The van der Waals surface area contributed by atoms with Crippen molar-refractivity contribution >= 4 is 5.69 Å². The molecule has 4 heteroatoms. The minimum atomic E-state index is -0.0373. The lowest BCUT2D eigenvalue weighted by atomic mass is 9.90. The van der Waals surface area contributed by atoms with E-state index < -0.39 is 0 Å². The lowest BCUT2D eigenvalue weighted by Crippen LogP contribution is -2.41. The van der Waals surface area contributed by atoms with Crippen LogP contribution in [0.15, 0.2) is 18.2 Å². The molecule has 0 amide bonds. The average Bonchev–Trinajstić information content (AvgIpc) is 2.39. The normalized spacial score (nSPS) is 27.0. The molecule has 0 aliphatic carbocycles. The second-order valence-corrected chi connectivity index (χ2v) is 5.37. The van der Waals surface area contributed by atoms with E-state index in [1.807, 2.05) is 6.07 Å². The molecule has 19 heavy (non-hydrogen) atoms. The quantitative estimate of drug-likeness (QED) is 0.878. The van der Waals surface area contributed by atoms with Crippen LogP contribution in [-0.2, 0) is 4.74 Å². The fourth-order valence-electron chi connectivity index (χ4n) is 2.51. The highest BCUT2D eigenvalue weighted by Gasteiger charge is 2.31. The number of phenols is 1. The third-order valence-electron chi connectivity index (χ3n) is 3.89. The number of hydrogen-bond donors (Lipinski definition) is 2. The number of phenolic OH excluding ortho intramolecular Hbond substituents is 1. The first-order chi connectivity index (χ1) is 9.06. The number of benzene rings is 1. The van der Waals surface area contributed by atoms with Gasteiger partial charge in [-0.1, -0.05) is 6.92 Å². The van der Waals surface area contributed by atoms with E-state index in [1.54, 1.807) is 19.2 Å². The zero-order valence-corrected chi connectivity index (χ0v) is 11.9. The van der Waals surface area contributed by atoms with Crippen LogP contribution in [0.5, 0.6) is 11.5 Å². The van der Waals surface area contributed by atoms with Gasteiger partial charge < -0.3 is 19.9 Å². The number of methoxy groups -OCH3 is 1. The predicted molar refractivity (Wildman–Crippen MR) is 76.0 cm³/mol. The van der Waals surface area contributed by atoms with Crippen LogP contribution in [0.4, 0.5) is 5.69 Å². The van der Waals surface area contributed by atoms with E-state index in [9.17, 15) is 5.11 Å². The Kier molecular flexibility index (Phi) is 4.20. The van der Waals surface area contributed by atoms with Crippen molar-refractivity contribution in [3.63, 3.8) is 0 Å². The molecule has 1 saturated heterocycles. The summed E-state index contributed by atoms with van der Waals surface area (Å²) >= 11 is 0. The molecule has 106 valence electrons. The van der Waals surface area contributed by atoms with Gasteiger partial charge in [-0.3, -0.25) is 0 Å². The molecule has 1 heterocycles. The zero-order chi connectivity index (χ0) is 13.9. The van der Waals surface area contributed by atoms with Crippen molar-refractivity contribution in [2.45, 2.75) is 44.8 Å². The fourth-order valence-corrected chi connectivity index (χ4v) is 2.51. The molecule has 2 unspecified atom stereocenters. The van der Waals surface area contributed by atoms with Crippen LogP contribution in [0.1, 0.15) is 33.1 Å². The maximum atomic E-state index is 9.78. The molecular weight excluding hydrogens is 242 g/mol. The third-order valence-corrected chi connectivity index (χ3v) is 3.89. The van der Waals surface area contributed by atoms with Gasteiger partial charge in [-0.05, 0) is 38.3 Å². The van der Waals surface area contributed by atoms with Gasteiger partial charge in [-0.15, -0.1) is 0 Å². The van der Waals surface area contributed by atoms with Crippen LogP contribution in [0.2, 0.25) is 0 Å². The summed E-state index contributed by atoms with van der Waals surface area (Å²) in [6, 6.07) is 5.79. The number of hydrogen-bond acceptors (Lipinski definition) is 4. The molecule has 1 aromatic carbocycles. The molecule has 2 rings (SSSR count). The summed E-state index contributed by atoms with van der Waals surface area (Å²) in [5.41, 5.74) is 0.883. The van der Waals surface area contributed by atoms with Crippen LogP contribution >= 0.6 is 0 Å². The van der Waals surface area contributed by atoms with Crippen LogP contribution in [0.3, 0.4) is 0 Å². The largest absolute Gasteiger partial charge is 0.504 e. The van der Waals surface area contributed by atoms with Crippen molar-refractivity contribution in [2.24, 2.45) is 0 Å². The highest BCUT2D eigenvalue weighted by atomic mass is 16.5. The van der Waals surface area contributed by atoms with Crippen molar-refractivity contribution in [1.82, 2.24) is 0 Å². The Bertz CT molecular complexity index is 435. The first kappa shape index (κ1) is 14.0. The Morgan fingerprint density at radius 2 is 2.32 bits per heavy atom. The van der Waals surface area contributed by atoms with Gasteiger partial charge in [0.25, 0.3) is 0 Å². The van der Waals surface area contributed by atoms with Gasteiger partial charge >= 0.3 is 0 Å². The number of anilines is 1. The smallest absolute Gasteiger partial charge is 0.160 e. The fraction of sp³-hybridized carbons (Fsp3) is 0.600. The molecule has 0 saturated carbocycles. The van der Waals surface area contributed by atoms with Crippen molar-refractivity contribution in [3.8, 4) is 11.5 Å². The van der Waals surface area contributed by atoms with Gasteiger partial charge in [0.05, 0.1) is 12.7 Å². The molecule has 0 spiro atoms.